The van der Waals surface area contributed by atoms with E-state index in [1.807, 2.05) is 0 Å². The number of hydrogen-bond acceptors (Lipinski definition) is 4. The summed E-state index contributed by atoms with van der Waals surface area (Å²) in [4.78, 5) is 11.6. The van der Waals surface area contributed by atoms with Gasteiger partial charge in [0, 0.05) is 26.1 Å². The van der Waals surface area contributed by atoms with Gasteiger partial charge in [-0.05, 0) is 38.3 Å². The van der Waals surface area contributed by atoms with Gasteiger partial charge in [-0.25, -0.2) is 12.7 Å². The molecule has 0 aromatic carbocycles. The molecule has 2 aliphatic rings. The Morgan fingerprint density at radius 1 is 1.40 bits per heavy atom. The molecular weight excluding hydrogens is 302 g/mol. The van der Waals surface area contributed by atoms with Crippen LogP contribution in [0.3, 0.4) is 0 Å². The van der Waals surface area contributed by atoms with Crippen molar-refractivity contribution in [3.05, 3.63) is 0 Å². The van der Waals surface area contributed by atoms with Gasteiger partial charge in [0.2, 0.25) is 15.9 Å². The summed E-state index contributed by atoms with van der Waals surface area (Å²) in [5.41, 5.74) is 0. The van der Waals surface area contributed by atoms with Crippen LogP contribution in [-0.2, 0) is 14.8 Å². The molecular formula is C12H24ClN3O3S. The van der Waals surface area contributed by atoms with Crippen molar-refractivity contribution in [3.63, 3.8) is 0 Å². The lowest BCUT2D eigenvalue weighted by atomic mass is 10.0. The zero-order valence-corrected chi connectivity index (χ0v) is 13.3. The zero-order chi connectivity index (χ0) is 13.7. The molecule has 2 heterocycles. The fourth-order valence-electron chi connectivity index (χ4n) is 2.65. The number of nitrogens with zero attached hydrogens (tertiary/aromatic N) is 1. The number of carbonyl (C=O) groups excluding carboxylic acids is 1. The van der Waals surface area contributed by atoms with E-state index in [1.54, 1.807) is 0 Å². The molecule has 8 heteroatoms. The molecule has 2 saturated heterocycles. The monoisotopic (exact) mass is 325 g/mol. The summed E-state index contributed by atoms with van der Waals surface area (Å²) in [6.07, 6.45) is 3.31. The van der Waals surface area contributed by atoms with Crippen molar-refractivity contribution in [2.24, 2.45) is 5.92 Å². The second kappa shape index (κ2) is 8.17. The second-order valence-electron chi connectivity index (χ2n) is 5.32. The lowest BCUT2D eigenvalue weighted by Gasteiger charge is -2.14. The molecule has 6 nitrogen and oxygen atoms in total. The maximum atomic E-state index is 11.6. The first-order chi connectivity index (χ1) is 9.08. The predicted octanol–water partition coefficient (Wildman–Crippen LogP) is -0.0504. The maximum Gasteiger partial charge on any atom is 0.220 e. The Balaban J connectivity index is 0.00000200. The summed E-state index contributed by atoms with van der Waals surface area (Å²) in [7, 11) is -3.04. The molecule has 1 atom stereocenters. The van der Waals surface area contributed by atoms with Crippen molar-refractivity contribution in [2.45, 2.75) is 25.7 Å². The standard InChI is InChI=1S/C12H23N3O3S.ClH/c16-12(3-2-11-4-5-13-10-11)14-6-8-15-7-1-9-19(15,17)18;/h11,13H,1-10H2,(H,14,16);1H. The molecule has 0 saturated carbocycles. The van der Waals surface area contributed by atoms with Crippen molar-refractivity contribution in [1.29, 1.82) is 0 Å². The van der Waals surface area contributed by atoms with Crippen LogP contribution in [-0.4, -0.2) is 57.1 Å². The average molecular weight is 326 g/mol. The van der Waals surface area contributed by atoms with E-state index in [2.05, 4.69) is 10.6 Å². The number of carbonyl (C=O) groups is 1. The second-order valence-corrected chi connectivity index (χ2v) is 7.40. The van der Waals surface area contributed by atoms with Crippen molar-refractivity contribution in [1.82, 2.24) is 14.9 Å². The third-order valence-corrected chi connectivity index (χ3v) is 5.79. The van der Waals surface area contributed by atoms with E-state index in [0.717, 1.165) is 25.9 Å². The largest absolute Gasteiger partial charge is 0.355 e. The van der Waals surface area contributed by atoms with Gasteiger partial charge in [-0.3, -0.25) is 4.79 Å². The lowest BCUT2D eigenvalue weighted by Crippen LogP contribution is -2.35. The summed E-state index contributed by atoms with van der Waals surface area (Å²) in [6.45, 7) is 3.48. The van der Waals surface area contributed by atoms with Crippen molar-refractivity contribution in [2.75, 3.05) is 38.5 Å². The highest BCUT2D eigenvalue weighted by Crippen LogP contribution is 2.14. The summed E-state index contributed by atoms with van der Waals surface area (Å²) >= 11 is 0. The maximum absolute atomic E-state index is 11.6. The van der Waals surface area contributed by atoms with Gasteiger partial charge < -0.3 is 10.6 Å². The SMILES string of the molecule is Cl.O=C(CCC1CCNC1)NCCN1CCCS1(=O)=O. The van der Waals surface area contributed by atoms with Crippen molar-refractivity contribution >= 4 is 28.3 Å². The van der Waals surface area contributed by atoms with Crippen LogP contribution in [0, 0.1) is 5.92 Å². The Morgan fingerprint density at radius 3 is 2.80 bits per heavy atom. The van der Waals surface area contributed by atoms with Crippen LogP contribution in [0.1, 0.15) is 25.7 Å². The number of nitrogens with one attached hydrogen (secondary N) is 2. The molecule has 1 amide bonds. The topological polar surface area (TPSA) is 78.5 Å². The van der Waals surface area contributed by atoms with Gasteiger partial charge in [-0.15, -0.1) is 12.4 Å². The third-order valence-electron chi connectivity index (χ3n) is 3.83. The van der Waals surface area contributed by atoms with Crippen LogP contribution in [0.5, 0.6) is 0 Å². The van der Waals surface area contributed by atoms with E-state index in [4.69, 9.17) is 0 Å². The highest BCUT2D eigenvalue weighted by molar-refractivity contribution is 7.89. The van der Waals surface area contributed by atoms with E-state index in [9.17, 15) is 13.2 Å². The minimum atomic E-state index is -3.04. The van der Waals surface area contributed by atoms with Crippen LogP contribution in [0.4, 0.5) is 0 Å². The Labute approximate surface area is 127 Å². The first kappa shape index (κ1) is 17.7. The molecule has 0 radical (unpaired) electrons. The normalized spacial score (nSPS) is 25.3. The van der Waals surface area contributed by atoms with E-state index in [0.29, 0.717) is 38.4 Å². The number of hydrogen-bond donors (Lipinski definition) is 2. The Morgan fingerprint density at radius 2 is 2.20 bits per heavy atom. The van der Waals surface area contributed by atoms with Crippen LogP contribution in [0.2, 0.25) is 0 Å². The molecule has 118 valence electrons. The van der Waals surface area contributed by atoms with Crippen LogP contribution in [0.25, 0.3) is 0 Å². The first-order valence-electron chi connectivity index (χ1n) is 7.03. The van der Waals surface area contributed by atoms with E-state index < -0.39 is 10.0 Å². The van der Waals surface area contributed by atoms with E-state index in [-0.39, 0.29) is 24.1 Å². The van der Waals surface area contributed by atoms with Crippen molar-refractivity contribution in [3.8, 4) is 0 Å². The molecule has 0 spiro atoms. The van der Waals surface area contributed by atoms with Gasteiger partial charge in [0.25, 0.3) is 0 Å². The highest BCUT2D eigenvalue weighted by Gasteiger charge is 2.27. The summed E-state index contributed by atoms with van der Waals surface area (Å²) < 4.78 is 24.6. The molecule has 0 bridgehead atoms. The van der Waals surface area contributed by atoms with Gasteiger partial charge in [0.15, 0.2) is 0 Å². The molecule has 1 unspecified atom stereocenters. The average Bonchev–Trinajstić information content (AvgIpc) is 2.97. The number of amides is 1. The first-order valence-corrected chi connectivity index (χ1v) is 8.64. The van der Waals surface area contributed by atoms with Crippen LogP contribution >= 0.6 is 12.4 Å². The number of halogens is 1. The Hall–Kier alpha value is -0.370. The minimum Gasteiger partial charge on any atom is -0.355 e. The van der Waals surface area contributed by atoms with E-state index in [1.165, 1.54) is 4.31 Å². The molecule has 20 heavy (non-hydrogen) atoms. The highest BCUT2D eigenvalue weighted by atomic mass is 35.5. The quantitative estimate of drug-likeness (QED) is 0.717. The van der Waals surface area contributed by atoms with Crippen molar-refractivity contribution < 1.29 is 13.2 Å². The smallest absolute Gasteiger partial charge is 0.220 e. The van der Waals surface area contributed by atoms with Gasteiger partial charge in [0.05, 0.1) is 5.75 Å². The van der Waals surface area contributed by atoms with Gasteiger partial charge in [-0.1, -0.05) is 0 Å². The third kappa shape index (κ3) is 5.20. The minimum absolute atomic E-state index is 0. The van der Waals surface area contributed by atoms with E-state index >= 15 is 0 Å². The fourth-order valence-corrected chi connectivity index (χ4v) is 4.18. The molecule has 2 rings (SSSR count). The Bertz CT molecular complexity index is 410. The fraction of sp³-hybridized carbons (Fsp3) is 0.917. The van der Waals surface area contributed by atoms with Gasteiger partial charge in [-0.2, -0.15) is 0 Å². The lowest BCUT2D eigenvalue weighted by molar-refractivity contribution is -0.121. The number of sulfonamides is 1. The molecule has 0 aromatic heterocycles. The Kier molecular flexibility index (Phi) is 7.22. The summed E-state index contributed by atoms with van der Waals surface area (Å²) in [6, 6.07) is 0. The summed E-state index contributed by atoms with van der Waals surface area (Å²) in [5, 5.41) is 6.09. The van der Waals surface area contributed by atoms with Gasteiger partial charge >= 0.3 is 0 Å². The molecule has 0 aliphatic carbocycles. The van der Waals surface area contributed by atoms with Crippen LogP contribution < -0.4 is 10.6 Å². The molecule has 2 aliphatic heterocycles. The molecule has 0 aromatic rings. The zero-order valence-electron chi connectivity index (χ0n) is 11.6. The summed E-state index contributed by atoms with van der Waals surface area (Å²) in [5.74, 6) is 0.892. The predicted molar refractivity (Wildman–Crippen MR) is 80.4 cm³/mol. The molecule has 2 N–H and O–H groups in total. The molecule has 2 fully saturated rings. The number of rotatable bonds is 6. The van der Waals surface area contributed by atoms with Crippen LogP contribution in [0.15, 0.2) is 0 Å². The van der Waals surface area contributed by atoms with Gasteiger partial charge in [0.1, 0.15) is 0 Å².